The predicted molar refractivity (Wildman–Crippen MR) is 42.3 cm³/mol. The average Bonchev–Trinajstić information content (AvgIpc) is 2.50. The van der Waals surface area contributed by atoms with Crippen LogP contribution in [0.4, 0.5) is 4.39 Å². The van der Waals surface area contributed by atoms with Gasteiger partial charge in [-0.1, -0.05) is 0 Å². The van der Waals surface area contributed by atoms with Gasteiger partial charge in [-0.05, 0) is 12.1 Å². The van der Waals surface area contributed by atoms with E-state index >= 15 is 0 Å². The Morgan fingerprint density at radius 3 is 2.77 bits per heavy atom. The summed E-state index contributed by atoms with van der Waals surface area (Å²) in [4.78, 5) is 0. The molecular formula is C7H6BFO4. The van der Waals surface area contributed by atoms with Gasteiger partial charge in [0, 0.05) is 0 Å². The molecule has 1 aliphatic rings. The van der Waals surface area contributed by atoms with Crippen LogP contribution < -0.4 is 14.9 Å². The molecule has 0 amide bonds. The van der Waals surface area contributed by atoms with Crippen molar-refractivity contribution in [1.29, 1.82) is 0 Å². The van der Waals surface area contributed by atoms with Gasteiger partial charge >= 0.3 is 7.12 Å². The Morgan fingerprint density at radius 1 is 1.31 bits per heavy atom. The molecule has 68 valence electrons. The summed E-state index contributed by atoms with van der Waals surface area (Å²) >= 11 is 0. The lowest BCUT2D eigenvalue weighted by atomic mass is 9.79. The zero-order chi connectivity index (χ0) is 9.42. The van der Waals surface area contributed by atoms with Crippen LogP contribution in [0.2, 0.25) is 0 Å². The monoisotopic (exact) mass is 184 g/mol. The van der Waals surface area contributed by atoms with Gasteiger partial charge in [-0.25, -0.2) is 4.39 Å². The number of hydrogen-bond acceptors (Lipinski definition) is 4. The lowest BCUT2D eigenvalue weighted by molar-refractivity contribution is 0.174. The van der Waals surface area contributed by atoms with E-state index in [4.69, 9.17) is 19.5 Å². The first-order valence-electron chi connectivity index (χ1n) is 3.64. The summed E-state index contributed by atoms with van der Waals surface area (Å²) in [7, 11) is -1.89. The molecule has 1 heterocycles. The van der Waals surface area contributed by atoms with Gasteiger partial charge in [-0.3, -0.25) is 0 Å². The maximum absolute atomic E-state index is 13.0. The molecule has 2 rings (SSSR count). The molecule has 0 saturated heterocycles. The molecule has 0 aliphatic carbocycles. The first-order valence-corrected chi connectivity index (χ1v) is 3.64. The molecule has 4 nitrogen and oxygen atoms in total. The molecule has 13 heavy (non-hydrogen) atoms. The number of hydrogen-bond donors (Lipinski definition) is 2. The van der Waals surface area contributed by atoms with E-state index in [9.17, 15) is 4.39 Å². The average molecular weight is 184 g/mol. The fourth-order valence-electron chi connectivity index (χ4n) is 1.21. The van der Waals surface area contributed by atoms with Gasteiger partial charge in [0.15, 0.2) is 11.5 Å². The van der Waals surface area contributed by atoms with Gasteiger partial charge in [-0.15, -0.1) is 0 Å². The highest BCUT2D eigenvalue weighted by atomic mass is 19.1. The number of ether oxygens (including phenoxy) is 2. The third-order valence-electron chi connectivity index (χ3n) is 1.78. The van der Waals surface area contributed by atoms with E-state index in [1.165, 1.54) is 6.07 Å². The largest absolute Gasteiger partial charge is 0.495 e. The zero-order valence-electron chi connectivity index (χ0n) is 6.53. The van der Waals surface area contributed by atoms with Crippen molar-refractivity contribution in [2.24, 2.45) is 0 Å². The van der Waals surface area contributed by atoms with Crippen molar-refractivity contribution >= 4 is 12.6 Å². The number of halogens is 1. The van der Waals surface area contributed by atoms with Gasteiger partial charge in [0.25, 0.3) is 0 Å². The second-order valence-electron chi connectivity index (χ2n) is 2.57. The van der Waals surface area contributed by atoms with Crippen molar-refractivity contribution in [3.8, 4) is 11.5 Å². The zero-order valence-corrected chi connectivity index (χ0v) is 6.53. The van der Waals surface area contributed by atoms with Gasteiger partial charge in [0.2, 0.25) is 6.79 Å². The summed E-state index contributed by atoms with van der Waals surface area (Å²) in [6, 6.07) is 2.48. The van der Waals surface area contributed by atoms with Crippen LogP contribution in [0, 0.1) is 5.82 Å². The molecule has 0 saturated carbocycles. The molecule has 6 heteroatoms. The second-order valence-corrected chi connectivity index (χ2v) is 2.57. The summed E-state index contributed by atoms with van der Waals surface area (Å²) in [6.07, 6.45) is 0. The third kappa shape index (κ3) is 1.24. The number of benzene rings is 1. The molecule has 1 aromatic carbocycles. The Balaban J connectivity index is 2.58. The highest BCUT2D eigenvalue weighted by molar-refractivity contribution is 6.60. The minimum absolute atomic E-state index is 0.0293. The van der Waals surface area contributed by atoms with Gasteiger partial charge in [-0.2, -0.15) is 0 Å². The van der Waals surface area contributed by atoms with Crippen LogP contribution in [0.1, 0.15) is 0 Å². The molecular weight excluding hydrogens is 178 g/mol. The first kappa shape index (κ1) is 8.34. The van der Waals surface area contributed by atoms with E-state index in [1.807, 2.05) is 0 Å². The molecule has 1 aliphatic heterocycles. The Morgan fingerprint density at radius 2 is 2.08 bits per heavy atom. The van der Waals surface area contributed by atoms with Gasteiger partial charge in [0.05, 0.1) is 5.46 Å². The lowest BCUT2D eigenvalue weighted by Crippen LogP contribution is -2.33. The SMILES string of the molecule is OB(O)c1c(F)ccc2c1OCO2. The van der Waals surface area contributed by atoms with Crippen molar-refractivity contribution in [3.05, 3.63) is 17.9 Å². The lowest BCUT2D eigenvalue weighted by Gasteiger charge is -2.04. The molecule has 0 atom stereocenters. The summed E-state index contributed by atoms with van der Waals surface area (Å²) in [6.45, 7) is -0.0293. The molecule has 0 bridgehead atoms. The summed E-state index contributed by atoms with van der Waals surface area (Å²) in [5.74, 6) is -0.334. The standard InChI is InChI=1S/C7H6BFO4/c9-4-1-2-5-7(13-3-12-5)6(4)8(10)11/h1-2,10-11H,3H2. The summed E-state index contributed by atoms with van der Waals surface area (Å²) < 4.78 is 22.9. The van der Waals surface area contributed by atoms with E-state index in [-0.39, 0.29) is 18.0 Å². The Hall–Kier alpha value is -1.27. The van der Waals surface area contributed by atoms with Crippen LogP contribution >= 0.6 is 0 Å². The molecule has 0 radical (unpaired) electrons. The summed E-state index contributed by atoms with van der Waals surface area (Å²) in [5.41, 5.74) is -0.282. The Kier molecular flexibility index (Phi) is 1.86. The second kappa shape index (κ2) is 2.90. The molecule has 0 fully saturated rings. The van der Waals surface area contributed by atoms with Gasteiger partial charge < -0.3 is 19.5 Å². The van der Waals surface area contributed by atoms with E-state index in [0.717, 1.165) is 6.07 Å². The van der Waals surface area contributed by atoms with E-state index in [0.29, 0.717) is 5.75 Å². The minimum atomic E-state index is -1.89. The maximum Gasteiger partial charge on any atom is 0.495 e. The first-order chi connectivity index (χ1) is 6.20. The van der Waals surface area contributed by atoms with Crippen molar-refractivity contribution in [2.75, 3.05) is 6.79 Å². The van der Waals surface area contributed by atoms with Crippen molar-refractivity contribution in [3.63, 3.8) is 0 Å². The summed E-state index contributed by atoms with van der Waals surface area (Å²) in [5, 5.41) is 17.7. The molecule has 1 aromatic rings. The Bertz CT molecular complexity index is 342. The van der Waals surface area contributed by atoms with E-state index < -0.39 is 12.9 Å². The highest BCUT2D eigenvalue weighted by Gasteiger charge is 2.28. The molecule has 0 spiro atoms. The normalized spacial score (nSPS) is 13.2. The Labute approximate surface area is 73.7 Å². The quantitative estimate of drug-likeness (QED) is 0.562. The number of rotatable bonds is 1. The van der Waals surface area contributed by atoms with Crippen molar-refractivity contribution < 1.29 is 23.9 Å². The maximum atomic E-state index is 13.0. The smallest absolute Gasteiger partial charge is 0.454 e. The van der Waals surface area contributed by atoms with Crippen LogP contribution in [0.15, 0.2) is 12.1 Å². The van der Waals surface area contributed by atoms with Crippen LogP contribution in [-0.2, 0) is 0 Å². The van der Waals surface area contributed by atoms with Crippen LogP contribution in [0.5, 0.6) is 11.5 Å². The van der Waals surface area contributed by atoms with Crippen molar-refractivity contribution in [1.82, 2.24) is 0 Å². The van der Waals surface area contributed by atoms with Crippen molar-refractivity contribution in [2.45, 2.75) is 0 Å². The topological polar surface area (TPSA) is 58.9 Å². The number of fused-ring (bicyclic) bond motifs is 1. The highest BCUT2D eigenvalue weighted by Crippen LogP contribution is 2.30. The van der Waals surface area contributed by atoms with Gasteiger partial charge in [0.1, 0.15) is 5.82 Å². The molecule has 0 unspecified atom stereocenters. The fraction of sp³-hybridized carbons (Fsp3) is 0.143. The molecule has 2 N–H and O–H groups in total. The molecule has 0 aromatic heterocycles. The fourth-order valence-corrected chi connectivity index (χ4v) is 1.21. The van der Waals surface area contributed by atoms with E-state index in [1.54, 1.807) is 0 Å². The van der Waals surface area contributed by atoms with Crippen LogP contribution in [0.3, 0.4) is 0 Å². The minimum Gasteiger partial charge on any atom is -0.454 e. The van der Waals surface area contributed by atoms with Crippen LogP contribution in [-0.4, -0.2) is 24.0 Å². The van der Waals surface area contributed by atoms with Crippen LogP contribution in [0.25, 0.3) is 0 Å². The van der Waals surface area contributed by atoms with E-state index in [2.05, 4.69) is 0 Å². The third-order valence-corrected chi connectivity index (χ3v) is 1.78. The predicted octanol–water partition coefficient (Wildman–Crippen LogP) is -0.766.